The zero-order chi connectivity index (χ0) is 29.2. The summed E-state index contributed by atoms with van der Waals surface area (Å²) in [5.74, 6) is 0.0155. The van der Waals surface area contributed by atoms with E-state index in [1.54, 1.807) is 0 Å². The summed E-state index contributed by atoms with van der Waals surface area (Å²) in [7, 11) is 6.43. The molecule has 5 heteroatoms. The molecule has 0 spiro atoms. The number of allylic oxidation sites excluding steroid dienone is 5. The summed E-state index contributed by atoms with van der Waals surface area (Å²) in [4.78, 5) is 15.6. The smallest absolute Gasteiger partial charge is 0.251 e. The molecule has 2 aliphatic rings. The second kappa shape index (κ2) is 12.1. The number of nitrogens with one attached hydrogen (secondary N) is 1. The van der Waals surface area contributed by atoms with Gasteiger partial charge in [0, 0.05) is 43.5 Å². The zero-order valence-corrected chi connectivity index (χ0v) is 27.1. The van der Waals surface area contributed by atoms with Crippen LogP contribution in [0.15, 0.2) is 65.4 Å². The van der Waals surface area contributed by atoms with E-state index < -0.39 is 8.07 Å². The van der Waals surface area contributed by atoms with E-state index >= 15 is 0 Å². The van der Waals surface area contributed by atoms with E-state index in [2.05, 4.69) is 125 Å². The van der Waals surface area contributed by atoms with Crippen LogP contribution in [0.3, 0.4) is 0 Å². The quantitative estimate of drug-likeness (QED) is 0.215. The highest BCUT2D eigenvalue weighted by atomic mass is 28.3. The van der Waals surface area contributed by atoms with Gasteiger partial charge in [0.2, 0.25) is 0 Å². The van der Waals surface area contributed by atoms with Crippen molar-refractivity contribution >= 4 is 36.1 Å². The zero-order valence-electron chi connectivity index (χ0n) is 26.1. The van der Waals surface area contributed by atoms with Crippen LogP contribution >= 0.6 is 0 Å². The first-order valence-electron chi connectivity index (χ1n) is 14.9. The van der Waals surface area contributed by atoms with Crippen LogP contribution in [0, 0.1) is 6.92 Å². The maximum absolute atomic E-state index is 13.4. The number of fused-ring (bicyclic) bond motifs is 2. The van der Waals surface area contributed by atoms with Crippen LogP contribution in [-0.2, 0) is 0 Å². The first kappa shape index (κ1) is 29.8. The highest BCUT2D eigenvalue weighted by Crippen LogP contribution is 2.42. The van der Waals surface area contributed by atoms with Crippen molar-refractivity contribution in [1.29, 1.82) is 0 Å². The van der Waals surface area contributed by atoms with Crippen molar-refractivity contribution in [1.82, 2.24) is 5.32 Å². The van der Waals surface area contributed by atoms with E-state index in [0.717, 1.165) is 24.0 Å². The van der Waals surface area contributed by atoms with E-state index in [9.17, 15) is 4.79 Å². The Kier molecular flexibility index (Phi) is 9.04. The van der Waals surface area contributed by atoms with Crippen LogP contribution in [0.2, 0.25) is 13.1 Å². The van der Waals surface area contributed by atoms with Gasteiger partial charge in [-0.05, 0) is 88.8 Å². The molecule has 0 radical (unpaired) electrons. The second-order valence-electron chi connectivity index (χ2n) is 12.5. The van der Waals surface area contributed by atoms with Gasteiger partial charge in [0.25, 0.3) is 5.91 Å². The summed E-state index contributed by atoms with van der Waals surface area (Å²) in [5.41, 5.74) is 9.36. The molecule has 212 valence electrons. The lowest BCUT2D eigenvalue weighted by molar-refractivity contribution is -0.462. The van der Waals surface area contributed by atoms with Crippen molar-refractivity contribution in [2.75, 3.05) is 33.1 Å². The number of aryl methyl sites for hydroxylation is 1. The highest BCUT2D eigenvalue weighted by molar-refractivity contribution is 6.98. The van der Waals surface area contributed by atoms with Crippen LogP contribution in [0.1, 0.15) is 73.0 Å². The number of carbonyl (C=O) groups excluding carboxylic acids is 1. The molecule has 40 heavy (non-hydrogen) atoms. The third-order valence-electron chi connectivity index (χ3n) is 8.56. The predicted molar refractivity (Wildman–Crippen MR) is 175 cm³/mol. The summed E-state index contributed by atoms with van der Waals surface area (Å²) < 4.78 is 2.19. The van der Waals surface area contributed by atoms with Crippen molar-refractivity contribution in [2.45, 2.75) is 72.0 Å². The van der Waals surface area contributed by atoms with Gasteiger partial charge in [0.15, 0.2) is 5.71 Å². The molecule has 0 saturated heterocycles. The van der Waals surface area contributed by atoms with Gasteiger partial charge in [-0.25, -0.2) is 4.58 Å². The molecule has 1 heterocycles. The van der Waals surface area contributed by atoms with Crippen molar-refractivity contribution in [3.8, 4) is 0 Å². The van der Waals surface area contributed by atoms with Crippen molar-refractivity contribution in [3.05, 3.63) is 87.6 Å². The molecular weight excluding hydrogens is 506 g/mol. The van der Waals surface area contributed by atoms with Gasteiger partial charge in [-0.3, -0.25) is 4.79 Å². The van der Waals surface area contributed by atoms with E-state index in [1.165, 1.54) is 63.3 Å². The number of carbonyl (C=O) groups is 1. The normalized spacial score (nSPS) is 16.2. The lowest BCUT2D eigenvalue weighted by Gasteiger charge is -2.38. The van der Waals surface area contributed by atoms with Gasteiger partial charge >= 0.3 is 0 Å². The van der Waals surface area contributed by atoms with E-state index in [1.807, 2.05) is 6.07 Å². The molecule has 1 aliphatic carbocycles. The van der Waals surface area contributed by atoms with Gasteiger partial charge in [0.1, 0.15) is 22.2 Å². The first-order valence-corrected chi connectivity index (χ1v) is 17.9. The third kappa shape index (κ3) is 5.95. The fraction of sp³-hybridized carbons (Fsp3) is 0.429. The summed E-state index contributed by atoms with van der Waals surface area (Å²) in [6.45, 7) is 11.5. The molecule has 1 aliphatic heterocycles. The predicted octanol–water partition coefficient (Wildman–Crippen LogP) is 6.63. The minimum absolute atomic E-state index is 0.0155. The highest BCUT2D eigenvalue weighted by Gasteiger charge is 2.40. The first-order chi connectivity index (χ1) is 18.9. The minimum Gasteiger partial charge on any atom is -0.378 e. The molecule has 0 bridgehead atoms. The van der Waals surface area contributed by atoms with Crippen LogP contribution in [0.4, 0.5) is 5.69 Å². The molecule has 0 saturated carbocycles. The van der Waals surface area contributed by atoms with E-state index in [-0.39, 0.29) is 11.9 Å². The Morgan fingerprint density at radius 3 is 2.42 bits per heavy atom. The van der Waals surface area contributed by atoms with Crippen molar-refractivity contribution in [2.24, 2.45) is 0 Å². The second-order valence-corrected chi connectivity index (χ2v) is 16.8. The van der Waals surface area contributed by atoms with Gasteiger partial charge < -0.3 is 10.2 Å². The van der Waals surface area contributed by atoms with Gasteiger partial charge in [-0.15, -0.1) is 0 Å². The molecule has 4 nitrogen and oxygen atoms in total. The molecular formula is C35H48N3OSi+. The molecule has 1 amide bonds. The third-order valence-corrected chi connectivity index (χ3v) is 12.1. The Bertz CT molecular complexity index is 1420. The summed E-state index contributed by atoms with van der Waals surface area (Å²) in [6.07, 6.45) is 12.8. The molecule has 1 N–H and O–H groups in total. The summed E-state index contributed by atoms with van der Waals surface area (Å²) in [5, 5.41) is 6.16. The topological polar surface area (TPSA) is 35.4 Å². The van der Waals surface area contributed by atoms with Crippen LogP contribution in [0.5, 0.6) is 0 Å². The SMILES string of the molecule is CCCCCCC(C)NC(=O)c1ccc(C)c(C2=C3C=CC(=[N+](C)C)C=C3[Si](C)(C)c3cc(N(C)C)ccc32)c1. The van der Waals surface area contributed by atoms with Gasteiger partial charge in [-0.1, -0.05) is 57.8 Å². The average Bonchev–Trinajstić information content (AvgIpc) is 2.91. The Morgan fingerprint density at radius 2 is 1.75 bits per heavy atom. The standard InChI is InChI=1S/C35H47N3OSi/c1-10-11-12-13-14-25(3)36-35(39)26-16-15-24(2)31(21-26)34-29-19-17-27(37(4)5)22-32(29)40(8,9)33-23-28(38(6)7)18-20-30(33)34/h15-23,25H,10-14H2,1-9H3/p+1. The maximum Gasteiger partial charge on any atom is 0.251 e. The fourth-order valence-electron chi connectivity index (χ4n) is 5.96. The minimum atomic E-state index is -2.01. The number of anilines is 1. The Labute approximate surface area is 243 Å². The number of rotatable bonds is 9. The van der Waals surface area contributed by atoms with Crippen molar-refractivity contribution in [3.63, 3.8) is 0 Å². The number of amides is 1. The number of hydrogen-bond acceptors (Lipinski definition) is 2. The molecule has 4 rings (SSSR count). The van der Waals surface area contributed by atoms with Crippen LogP contribution < -0.4 is 15.4 Å². The average molecular weight is 555 g/mol. The summed E-state index contributed by atoms with van der Waals surface area (Å²) >= 11 is 0. The number of benzene rings is 2. The molecule has 2 aromatic rings. The van der Waals surface area contributed by atoms with Gasteiger partial charge in [-0.2, -0.15) is 0 Å². The van der Waals surface area contributed by atoms with Crippen LogP contribution in [0.25, 0.3) is 5.57 Å². The Hall–Kier alpha value is -3.18. The number of unbranched alkanes of at least 4 members (excludes halogenated alkanes) is 3. The van der Waals surface area contributed by atoms with Crippen LogP contribution in [-0.4, -0.2) is 58.5 Å². The monoisotopic (exact) mass is 554 g/mol. The fourth-order valence-corrected chi connectivity index (χ4v) is 9.03. The molecule has 1 unspecified atom stereocenters. The Morgan fingerprint density at radius 1 is 1.00 bits per heavy atom. The maximum atomic E-state index is 13.4. The molecule has 0 fully saturated rings. The van der Waals surface area contributed by atoms with E-state index in [0.29, 0.717) is 0 Å². The van der Waals surface area contributed by atoms with Crippen molar-refractivity contribution < 1.29 is 9.37 Å². The number of nitrogens with zero attached hydrogens (tertiary/aromatic N) is 2. The molecule has 2 aromatic carbocycles. The lowest BCUT2D eigenvalue weighted by atomic mass is 9.86. The lowest BCUT2D eigenvalue weighted by Crippen LogP contribution is -2.49. The molecule has 1 atom stereocenters. The molecule has 0 aromatic heterocycles. The largest absolute Gasteiger partial charge is 0.378 e. The summed E-state index contributed by atoms with van der Waals surface area (Å²) in [6, 6.07) is 13.3. The van der Waals surface area contributed by atoms with Gasteiger partial charge in [0.05, 0.1) is 0 Å². The van der Waals surface area contributed by atoms with E-state index in [4.69, 9.17) is 0 Å². The Balaban J connectivity index is 1.83. The number of hydrogen-bond donors (Lipinski definition) is 1.